The summed E-state index contributed by atoms with van der Waals surface area (Å²) in [7, 11) is 0. The van der Waals surface area contributed by atoms with Gasteiger partial charge in [0.15, 0.2) is 0 Å². The van der Waals surface area contributed by atoms with Gasteiger partial charge in [0.25, 0.3) is 11.4 Å². The summed E-state index contributed by atoms with van der Waals surface area (Å²) in [6.07, 6.45) is 0.297. The summed E-state index contributed by atoms with van der Waals surface area (Å²) in [6, 6.07) is 7.64. The van der Waals surface area contributed by atoms with Crippen LogP contribution in [0.3, 0.4) is 0 Å². The van der Waals surface area contributed by atoms with Crippen LogP contribution in [0.1, 0.15) is 63.1 Å². The molecule has 3 aromatic rings. The number of nitro benzene ring substituents is 2. The molecule has 0 bridgehead atoms. The van der Waals surface area contributed by atoms with Crippen LogP contribution in [0.25, 0.3) is 0 Å². The number of hydrogen-bond donors (Lipinski definition) is 10. The number of rotatable bonds is 27. The van der Waals surface area contributed by atoms with Crippen LogP contribution in [-0.4, -0.2) is 110 Å². The van der Waals surface area contributed by atoms with Crippen LogP contribution in [0.5, 0.6) is 5.75 Å². The number of carbonyl (C=O) groups is 7. The summed E-state index contributed by atoms with van der Waals surface area (Å²) in [5, 5.41) is 57.9. The van der Waals surface area contributed by atoms with Crippen molar-refractivity contribution in [3.63, 3.8) is 0 Å². The van der Waals surface area contributed by atoms with Crippen molar-refractivity contribution in [2.24, 2.45) is 11.7 Å². The first-order valence-electron chi connectivity index (χ1n) is 21.3. The smallest absolute Gasteiger partial charge is 0.326 e. The Balaban J connectivity index is 1.99. The number of nitrogens with zero attached hydrogens (tertiary/aromatic N) is 2. The van der Waals surface area contributed by atoms with E-state index < -0.39 is 93.4 Å². The number of non-ortho nitro benzene ring substituents is 2. The Kier molecular flexibility index (Phi) is 21.6. The minimum atomic E-state index is -1.56. The van der Waals surface area contributed by atoms with Crippen LogP contribution < -0.4 is 37.6 Å². The number of nitrogens with one attached hydrogen (secondary N) is 6. The van der Waals surface area contributed by atoms with Gasteiger partial charge in [0.2, 0.25) is 35.4 Å². The molecule has 0 aromatic heterocycles. The number of aliphatic carboxylic acids is 1. The normalized spacial score (nSPS) is 14.0. The average molecular weight is 952 g/mol. The van der Waals surface area contributed by atoms with Crippen molar-refractivity contribution < 1.29 is 53.6 Å². The molecule has 0 fully saturated rings. The Morgan fingerprint density at radius 1 is 0.612 bits per heavy atom. The van der Waals surface area contributed by atoms with Crippen LogP contribution in [0.2, 0.25) is 0 Å². The first kappa shape index (κ1) is 54.2. The van der Waals surface area contributed by atoms with E-state index in [0.717, 1.165) is 0 Å². The predicted molar refractivity (Wildman–Crippen MR) is 247 cm³/mol. The van der Waals surface area contributed by atoms with E-state index in [0.29, 0.717) is 36.0 Å². The third-order valence-electron chi connectivity index (χ3n) is 10.7. The molecule has 0 aliphatic rings. The van der Waals surface area contributed by atoms with Gasteiger partial charge < -0.3 is 47.8 Å². The number of hydrogen-bond acceptors (Lipinski definition) is 14. The zero-order valence-corrected chi connectivity index (χ0v) is 38.0. The van der Waals surface area contributed by atoms with Crippen molar-refractivity contribution in [1.29, 1.82) is 0 Å². The molecule has 67 heavy (non-hydrogen) atoms. The van der Waals surface area contributed by atoms with Gasteiger partial charge in [0.1, 0.15) is 42.0 Å². The van der Waals surface area contributed by atoms with Gasteiger partial charge in [-0.1, -0.05) is 56.7 Å². The fourth-order valence-corrected chi connectivity index (χ4v) is 6.96. The fraction of sp³-hybridized carbons (Fsp3) is 0.432. The van der Waals surface area contributed by atoms with E-state index in [4.69, 9.17) is 5.73 Å². The highest BCUT2D eigenvalue weighted by molar-refractivity contribution is 7.80. The molecular weight excluding hydrogens is 895 g/mol. The Morgan fingerprint density at radius 2 is 1.01 bits per heavy atom. The van der Waals surface area contributed by atoms with Gasteiger partial charge in [0, 0.05) is 56.2 Å². The summed E-state index contributed by atoms with van der Waals surface area (Å²) < 4.78 is 0. The van der Waals surface area contributed by atoms with E-state index in [1.807, 2.05) is 0 Å². The number of benzene rings is 3. The molecule has 362 valence electrons. The van der Waals surface area contributed by atoms with Crippen LogP contribution in [0, 0.1) is 26.1 Å². The van der Waals surface area contributed by atoms with Gasteiger partial charge in [-0.2, -0.15) is 12.6 Å². The molecule has 0 saturated heterocycles. The third-order valence-corrected chi connectivity index (χ3v) is 11.0. The Bertz CT molecular complexity index is 2210. The summed E-state index contributed by atoms with van der Waals surface area (Å²) in [4.78, 5) is 115. The summed E-state index contributed by atoms with van der Waals surface area (Å²) >= 11 is 4.14. The van der Waals surface area contributed by atoms with Crippen LogP contribution in [0.4, 0.5) is 11.4 Å². The highest BCUT2D eigenvalue weighted by Gasteiger charge is 2.35. The van der Waals surface area contributed by atoms with E-state index in [9.17, 15) is 64.0 Å². The Labute approximate surface area is 391 Å². The zero-order chi connectivity index (χ0) is 49.8. The number of amides is 6. The maximum absolute atomic E-state index is 14.4. The monoisotopic (exact) mass is 951 g/mol. The molecule has 1 unspecified atom stereocenters. The largest absolute Gasteiger partial charge is 0.508 e. The molecule has 0 radical (unpaired) electrons. The summed E-state index contributed by atoms with van der Waals surface area (Å²) in [6.45, 7) is 4.88. The second-order valence-electron chi connectivity index (χ2n) is 15.8. The first-order chi connectivity index (χ1) is 31.8. The predicted octanol–water partition coefficient (Wildman–Crippen LogP) is 1.35. The van der Waals surface area contributed by atoms with Crippen LogP contribution in [0.15, 0.2) is 72.8 Å². The number of nitro groups is 2. The number of carboxylic acid groups (broad SMARTS) is 1. The molecular formula is C44H57N9O13S. The minimum Gasteiger partial charge on any atom is -0.508 e. The van der Waals surface area contributed by atoms with Crippen molar-refractivity contribution >= 4 is 65.4 Å². The average Bonchev–Trinajstić information content (AvgIpc) is 3.29. The number of carbonyl (C=O) groups excluding carboxylic acids is 6. The molecule has 0 aliphatic heterocycles. The lowest BCUT2D eigenvalue weighted by Gasteiger charge is -2.29. The zero-order valence-electron chi connectivity index (χ0n) is 37.1. The molecule has 23 heteroatoms. The maximum atomic E-state index is 14.4. The lowest BCUT2D eigenvalue weighted by atomic mass is 9.96. The number of thiol groups is 1. The lowest BCUT2D eigenvalue weighted by molar-refractivity contribution is -0.385. The molecule has 22 nitrogen and oxygen atoms in total. The highest BCUT2D eigenvalue weighted by Crippen LogP contribution is 2.17. The number of phenolic OH excluding ortho intramolecular Hbond substituents is 1. The molecule has 0 spiro atoms. The Morgan fingerprint density at radius 3 is 1.43 bits per heavy atom. The molecule has 0 heterocycles. The molecule has 10 N–H and O–H groups in total. The first-order valence-corrected chi connectivity index (χ1v) is 22.0. The van der Waals surface area contributed by atoms with Gasteiger partial charge in [-0.3, -0.25) is 49.0 Å². The quantitative estimate of drug-likeness (QED) is 0.0223. The second-order valence-corrected chi connectivity index (χ2v) is 16.2. The fourth-order valence-electron chi connectivity index (χ4n) is 6.70. The summed E-state index contributed by atoms with van der Waals surface area (Å²) in [5.41, 5.74) is 6.43. The number of phenols is 1. The van der Waals surface area contributed by atoms with Gasteiger partial charge in [-0.25, -0.2) is 4.79 Å². The number of nitrogens with two attached hydrogens (primary N) is 1. The summed E-state index contributed by atoms with van der Waals surface area (Å²) in [5.74, 6) is -6.90. The SMILES string of the molecule is CCC(C)[C@H](NC(=O)[C@H](CS)NC(C)=O)C(=O)N[C@@H](Cc1ccc([N+](=O)[O-])cc1)C(=O)N[C@@H](CCCCN)C(=O)N[C@@H](Cc1ccc(O)cc1)C(=O)N[C@@H](Cc1ccc([N+](=O)[O-])cc1)C(=O)O. The lowest BCUT2D eigenvalue weighted by Crippen LogP contribution is -2.61. The molecule has 3 rings (SSSR count). The topological polar surface area (TPSA) is 344 Å². The van der Waals surface area contributed by atoms with E-state index in [-0.39, 0.29) is 55.1 Å². The molecule has 0 saturated carbocycles. The van der Waals surface area contributed by atoms with E-state index in [1.165, 1.54) is 79.7 Å². The van der Waals surface area contributed by atoms with E-state index in [2.05, 4.69) is 44.5 Å². The van der Waals surface area contributed by atoms with Gasteiger partial charge in [0.05, 0.1) is 9.85 Å². The van der Waals surface area contributed by atoms with Gasteiger partial charge >= 0.3 is 5.97 Å². The highest BCUT2D eigenvalue weighted by atomic mass is 32.1. The maximum Gasteiger partial charge on any atom is 0.326 e. The van der Waals surface area contributed by atoms with Gasteiger partial charge in [-0.15, -0.1) is 0 Å². The van der Waals surface area contributed by atoms with Crippen LogP contribution >= 0.6 is 12.6 Å². The van der Waals surface area contributed by atoms with Crippen molar-refractivity contribution in [3.05, 3.63) is 110 Å². The van der Waals surface area contributed by atoms with Crippen molar-refractivity contribution in [1.82, 2.24) is 31.9 Å². The molecule has 6 amide bonds. The van der Waals surface area contributed by atoms with Gasteiger partial charge in [-0.05, 0) is 60.5 Å². The molecule has 7 atom stereocenters. The second kappa shape index (κ2) is 26.7. The molecule has 3 aromatic carbocycles. The number of carboxylic acids is 1. The number of unbranched alkanes of at least 4 members (excludes halogenated alkanes) is 1. The van der Waals surface area contributed by atoms with Crippen molar-refractivity contribution in [2.75, 3.05) is 12.3 Å². The minimum absolute atomic E-state index is 0.0295. The Hall–Kier alpha value is -7.14. The molecule has 0 aliphatic carbocycles. The standard InChI is InChI=1S/C44H57N9O13S/c1-4-25(2)38(51-42(59)37(24-67)46-26(3)54)43(60)49-35(21-27-8-14-30(15-9-27)52(63)64)40(57)47-33(7-5-6-20-45)39(56)48-34(22-29-12-18-32(55)19-13-29)41(58)50-36(44(61)62)23-28-10-16-31(17-11-28)53(65)66/h8-19,25,33-38,55,67H,4-7,20-24,45H2,1-3H3,(H,46,54)(H,47,57)(H,48,56)(H,49,60)(H,50,58)(H,51,59)(H,61,62)/t25?,33-,34-,35-,36-,37-,38-/m0/s1. The van der Waals surface area contributed by atoms with E-state index in [1.54, 1.807) is 13.8 Å². The van der Waals surface area contributed by atoms with E-state index >= 15 is 0 Å². The third kappa shape index (κ3) is 17.6. The van der Waals surface area contributed by atoms with Crippen molar-refractivity contribution in [3.8, 4) is 5.75 Å². The van der Waals surface area contributed by atoms with Crippen LogP contribution in [-0.2, 0) is 52.8 Å². The number of aromatic hydroxyl groups is 1. The van der Waals surface area contributed by atoms with Crippen molar-refractivity contribution in [2.45, 2.75) is 102 Å².